The number of anilines is 2. The standard InChI is InChI=1S/C11H14F3N5O/c12-11(13,14)7-5-8(19-10(15)18-7)16-3-4-17-9(20)6-1-2-6/h5-6H,1-4H2,(H,17,20)(H3,15,16,18,19). The van der Waals surface area contributed by atoms with E-state index in [1.54, 1.807) is 0 Å². The SMILES string of the molecule is Nc1nc(NCCNC(=O)C2CC2)cc(C(F)(F)F)n1. The molecule has 110 valence electrons. The number of carbonyl (C=O) groups excluding carboxylic acids is 1. The smallest absolute Gasteiger partial charge is 0.368 e. The van der Waals surface area contributed by atoms with Gasteiger partial charge in [-0.25, -0.2) is 4.98 Å². The van der Waals surface area contributed by atoms with E-state index in [4.69, 9.17) is 5.73 Å². The number of nitrogens with two attached hydrogens (primary N) is 1. The molecule has 0 aromatic carbocycles. The average molecular weight is 289 g/mol. The minimum atomic E-state index is -4.58. The van der Waals surface area contributed by atoms with Crippen LogP contribution in [0.3, 0.4) is 0 Å². The van der Waals surface area contributed by atoms with E-state index in [1.165, 1.54) is 0 Å². The van der Waals surface area contributed by atoms with Gasteiger partial charge in [-0.15, -0.1) is 0 Å². The van der Waals surface area contributed by atoms with Crippen LogP contribution in [0.4, 0.5) is 24.9 Å². The molecule has 6 nitrogen and oxygen atoms in total. The van der Waals surface area contributed by atoms with Crippen molar-refractivity contribution >= 4 is 17.7 Å². The molecule has 0 saturated heterocycles. The zero-order valence-corrected chi connectivity index (χ0v) is 10.5. The number of hydrogen-bond donors (Lipinski definition) is 3. The van der Waals surface area contributed by atoms with Gasteiger partial charge in [0.1, 0.15) is 5.82 Å². The Morgan fingerprint density at radius 3 is 2.65 bits per heavy atom. The van der Waals surface area contributed by atoms with Crippen molar-refractivity contribution < 1.29 is 18.0 Å². The molecule has 0 unspecified atom stereocenters. The summed E-state index contributed by atoms with van der Waals surface area (Å²) in [7, 11) is 0. The summed E-state index contributed by atoms with van der Waals surface area (Å²) < 4.78 is 37.5. The highest BCUT2D eigenvalue weighted by Gasteiger charge is 2.33. The monoisotopic (exact) mass is 289 g/mol. The van der Waals surface area contributed by atoms with E-state index in [-0.39, 0.29) is 24.2 Å². The maximum Gasteiger partial charge on any atom is 0.433 e. The van der Waals surface area contributed by atoms with Crippen molar-refractivity contribution in [1.82, 2.24) is 15.3 Å². The van der Waals surface area contributed by atoms with Gasteiger partial charge in [0, 0.05) is 25.1 Å². The fraction of sp³-hybridized carbons (Fsp3) is 0.545. The molecule has 0 atom stereocenters. The maximum absolute atomic E-state index is 12.5. The summed E-state index contributed by atoms with van der Waals surface area (Å²) in [5.74, 6) is -0.402. The molecule has 9 heteroatoms. The minimum Gasteiger partial charge on any atom is -0.368 e. The summed E-state index contributed by atoms with van der Waals surface area (Å²) in [5, 5.41) is 5.34. The van der Waals surface area contributed by atoms with Crippen molar-refractivity contribution in [3.8, 4) is 0 Å². The van der Waals surface area contributed by atoms with Crippen LogP contribution in [0.15, 0.2) is 6.07 Å². The molecular formula is C11H14F3N5O. The minimum absolute atomic E-state index is 0.0227. The number of alkyl halides is 3. The number of rotatable bonds is 5. The fourth-order valence-corrected chi connectivity index (χ4v) is 1.57. The summed E-state index contributed by atoms with van der Waals surface area (Å²) in [4.78, 5) is 18.1. The molecule has 1 saturated carbocycles. The van der Waals surface area contributed by atoms with Gasteiger partial charge in [0.25, 0.3) is 0 Å². The van der Waals surface area contributed by atoms with Crippen LogP contribution in [0.1, 0.15) is 18.5 Å². The van der Waals surface area contributed by atoms with Crippen LogP contribution in [0, 0.1) is 5.92 Å². The van der Waals surface area contributed by atoms with Gasteiger partial charge in [-0.05, 0) is 12.8 Å². The number of aromatic nitrogens is 2. The largest absolute Gasteiger partial charge is 0.433 e. The molecule has 0 radical (unpaired) electrons. The molecule has 1 aromatic rings. The lowest BCUT2D eigenvalue weighted by Gasteiger charge is -2.10. The van der Waals surface area contributed by atoms with Gasteiger partial charge in [-0.2, -0.15) is 18.2 Å². The van der Waals surface area contributed by atoms with Gasteiger partial charge < -0.3 is 16.4 Å². The molecule has 1 aromatic heterocycles. The third-order valence-corrected chi connectivity index (χ3v) is 2.71. The topological polar surface area (TPSA) is 92.9 Å². The lowest BCUT2D eigenvalue weighted by Crippen LogP contribution is -2.30. The van der Waals surface area contributed by atoms with E-state index in [0.29, 0.717) is 6.54 Å². The Morgan fingerprint density at radius 2 is 2.05 bits per heavy atom. The van der Waals surface area contributed by atoms with E-state index >= 15 is 0 Å². The Bertz CT molecular complexity index is 501. The van der Waals surface area contributed by atoms with E-state index in [0.717, 1.165) is 18.9 Å². The average Bonchev–Trinajstić information content (AvgIpc) is 3.16. The van der Waals surface area contributed by atoms with E-state index in [9.17, 15) is 18.0 Å². The van der Waals surface area contributed by atoms with Crippen LogP contribution in [0.2, 0.25) is 0 Å². The molecule has 2 rings (SSSR count). The van der Waals surface area contributed by atoms with Crippen LogP contribution in [0.5, 0.6) is 0 Å². The molecule has 1 heterocycles. The number of nitrogens with one attached hydrogen (secondary N) is 2. The number of nitrogen functional groups attached to an aromatic ring is 1. The first-order valence-corrected chi connectivity index (χ1v) is 6.09. The van der Waals surface area contributed by atoms with Crippen LogP contribution >= 0.6 is 0 Å². The van der Waals surface area contributed by atoms with Gasteiger partial charge in [-0.1, -0.05) is 0 Å². The van der Waals surface area contributed by atoms with Crippen molar-refractivity contribution in [3.05, 3.63) is 11.8 Å². The van der Waals surface area contributed by atoms with Gasteiger partial charge >= 0.3 is 6.18 Å². The maximum atomic E-state index is 12.5. The first-order chi connectivity index (χ1) is 9.36. The van der Waals surface area contributed by atoms with Gasteiger partial charge in [0.15, 0.2) is 5.69 Å². The van der Waals surface area contributed by atoms with E-state index < -0.39 is 17.8 Å². The van der Waals surface area contributed by atoms with Crippen molar-refractivity contribution in [2.75, 3.05) is 24.1 Å². The van der Waals surface area contributed by atoms with Crippen molar-refractivity contribution in [2.24, 2.45) is 5.92 Å². The Kier molecular flexibility index (Phi) is 3.96. The fourth-order valence-electron chi connectivity index (χ4n) is 1.57. The molecule has 1 amide bonds. The Morgan fingerprint density at radius 1 is 1.35 bits per heavy atom. The highest BCUT2D eigenvalue weighted by molar-refractivity contribution is 5.80. The molecular weight excluding hydrogens is 275 g/mol. The molecule has 1 fully saturated rings. The normalized spacial score (nSPS) is 14.9. The van der Waals surface area contributed by atoms with Gasteiger partial charge in [-0.3, -0.25) is 4.79 Å². The lowest BCUT2D eigenvalue weighted by atomic mass is 10.3. The van der Waals surface area contributed by atoms with Crippen molar-refractivity contribution in [3.63, 3.8) is 0 Å². The van der Waals surface area contributed by atoms with Crippen LogP contribution in [-0.2, 0) is 11.0 Å². The second-order valence-electron chi connectivity index (χ2n) is 4.49. The molecule has 1 aliphatic carbocycles. The van der Waals surface area contributed by atoms with Crippen molar-refractivity contribution in [1.29, 1.82) is 0 Å². The van der Waals surface area contributed by atoms with E-state index in [1.807, 2.05) is 0 Å². The number of hydrogen-bond acceptors (Lipinski definition) is 5. The molecule has 4 N–H and O–H groups in total. The predicted molar refractivity (Wildman–Crippen MR) is 65.7 cm³/mol. The number of nitrogens with zero attached hydrogens (tertiary/aromatic N) is 2. The number of halogens is 3. The van der Waals surface area contributed by atoms with Crippen LogP contribution < -0.4 is 16.4 Å². The Hall–Kier alpha value is -2.06. The quantitative estimate of drug-likeness (QED) is 0.704. The highest BCUT2D eigenvalue weighted by Crippen LogP contribution is 2.29. The Balaban J connectivity index is 1.85. The Labute approximate surface area is 113 Å². The van der Waals surface area contributed by atoms with Crippen LogP contribution in [-0.4, -0.2) is 29.0 Å². The summed E-state index contributed by atoms with van der Waals surface area (Å²) >= 11 is 0. The second-order valence-corrected chi connectivity index (χ2v) is 4.49. The summed E-state index contributed by atoms with van der Waals surface area (Å²) in [6.45, 7) is 0.562. The van der Waals surface area contributed by atoms with Crippen molar-refractivity contribution in [2.45, 2.75) is 19.0 Å². The summed E-state index contributed by atoms with van der Waals surface area (Å²) in [5.41, 5.74) is 4.12. The first kappa shape index (κ1) is 14.4. The van der Waals surface area contributed by atoms with E-state index in [2.05, 4.69) is 20.6 Å². The van der Waals surface area contributed by atoms with Gasteiger partial charge in [0.2, 0.25) is 11.9 Å². The second kappa shape index (κ2) is 5.51. The third-order valence-electron chi connectivity index (χ3n) is 2.71. The predicted octanol–water partition coefficient (Wildman–Crippen LogP) is 1.02. The molecule has 0 spiro atoms. The molecule has 1 aliphatic rings. The zero-order chi connectivity index (χ0) is 14.8. The summed E-state index contributed by atoms with van der Waals surface area (Å²) in [6, 6.07) is 0.777. The first-order valence-electron chi connectivity index (χ1n) is 6.09. The third kappa shape index (κ3) is 3.97. The summed E-state index contributed by atoms with van der Waals surface area (Å²) in [6.07, 6.45) is -2.78. The number of carbonyl (C=O) groups is 1. The lowest BCUT2D eigenvalue weighted by molar-refractivity contribution is -0.141. The van der Waals surface area contributed by atoms with Gasteiger partial charge in [0.05, 0.1) is 0 Å². The molecule has 0 bridgehead atoms. The zero-order valence-electron chi connectivity index (χ0n) is 10.5. The molecule has 20 heavy (non-hydrogen) atoms. The van der Waals surface area contributed by atoms with Crippen LogP contribution in [0.25, 0.3) is 0 Å². The number of amides is 1. The highest BCUT2D eigenvalue weighted by atomic mass is 19.4. The molecule has 0 aliphatic heterocycles.